The van der Waals surface area contributed by atoms with Crippen molar-refractivity contribution in [1.82, 2.24) is 10.2 Å². The van der Waals surface area contributed by atoms with Gasteiger partial charge in [0.1, 0.15) is 5.76 Å². The van der Waals surface area contributed by atoms with E-state index in [0.29, 0.717) is 0 Å². The molecule has 0 spiro atoms. The van der Waals surface area contributed by atoms with Crippen LogP contribution in [-0.4, -0.2) is 31.1 Å². The van der Waals surface area contributed by atoms with Gasteiger partial charge in [0.05, 0.1) is 12.8 Å². The van der Waals surface area contributed by atoms with Gasteiger partial charge in [-0.1, -0.05) is 12.8 Å². The van der Waals surface area contributed by atoms with E-state index in [1.165, 1.54) is 45.1 Å². The summed E-state index contributed by atoms with van der Waals surface area (Å²) in [4.78, 5) is 2.33. The molecule has 0 aliphatic heterocycles. The largest absolute Gasteiger partial charge is 0.468 e. The Bertz CT molecular complexity index is 306. The number of nitrogens with one attached hydrogen (secondary N) is 1. The molecule has 2 rings (SSSR count). The first-order valence-electron chi connectivity index (χ1n) is 7.29. The fourth-order valence-corrected chi connectivity index (χ4v) is 2.20. The zero-order valence-electron chi connectivity index (χ0n) is 11.5. The van der Waals surface area contributed by atoms with Crippen molar-refractivity contribution < 1.29 is 4.42 Å². The van der Waals surface area contributed by atoms with Crippen LogP contribution < -0.4 is 5.32 Å². The van der Waals surface area contributed by atoms with Gasteiger partial charge in [-0.05, 0) is 58.0 Å². The summed E-state index contributed by atoms with van der Waals surface area (Å²) >= 11 is 0. The lowest BCUT2D eigenvalue weighted by Gasteiger charge is -2.14. The van der Waals surface area contributed by atoms with E-state index in [2.05, 4.69) is 17.3 Å². The van der Waals surface area contributed by atoms with E-state index in [4.69, 9.17) is 4.42 Å². The summed E-state index contributed by atoms with van der Waals surface area (Å²) in [5.74, 6) is 1.06. The van der Waals surface area contributed by atoms with Crippen LogP contribution >= 0.6 is 0 Å². The summed E-state index contributed by atoms with van der Waals surface area (Å²) in [5.41, 5.74) is 0. The van der Waals surface area contributed by atoms with E-state index >= 15 is 0 Å². The molecule has 3 heteroatoms. The molecule has 1 N–H and O–H groups in total. The molecular formula is C15H26N2O. The van der Waals surface area contributed by atoms with E-state index in [0.717, 1.165) is 24.9 Å². The molecule has 1 aromatic rings. The van der Waals surface area contributed by atoms with Gasteiger partial charge in [0, 0.05) is 6.04 Å². The first-order chi connectivity index (χ1) is 8.84. The Hall–Kier alpha value is -0.800. The smallest absolute Gasteiger partial charge is 0.117 e. The molecule has 0 radical (unpaired) electrons. The van der Waals surface area contributed by atoms with Crippen LogP contribution in [0.2, 0.25) is 0 Å². The molecule has 0 atom stereocenters. The SMILES string of the molecule is CN(CCCCCCNC1CC1)Cc1ccco1. The first kappa shape index (κ1) is 13.6. The molecule has 102 valence electrons. The minimum atomic E-state index is 0.865. The van der Waals surface area contributed by atoms with Crippen LogP contribution in [-0.2, 0) is 6.54 Å². The van der Waals surface area contributed by atoms with Gasteiger partial charge in [-0.2, -0.15) is 0 Å². The Balaban J connectivity index is 1.39. The Morgan fingerprint density at radius 2 is 2.11 bits per heavy atom. The Kier molecular flexibility index (Phi) is 5.75. The third-order valence-corrected chi connectivity index (χ3v) is 3.48. The fourth-order valence-electron chi connectivity index (χ4n) is 2.20. The molecule has 0 saturated heterocycles. The first-order valence-corrected chi connectivity index (χ1v) is 7.29. The van der Waals surface area contributed by atoms with Crippen LogP contribution in [0.4, 0.5) is 0 Å². The Labute approximate surface area is 111 Å². The number of nitrogens with zero attached hydrogens (tertiary/aromatic N) is 1. The molecule has 0 bridgehead atoms. The Morgan fingerprint density at radius 3 is 2.83 bits per heavy atom. The molecule has 18 heavy (non-hydrogen) atoms. The average Bonchev–Trinajstić information content (AvgIpc) is 3.04. The van der Waals surface area contributed by atoms with Gasteiger partial charge >= 0.3 is 0 Å². The predicted molar refractivity (Wildman–Crippen MR) is 74.5 cm³/mol. The van der Waals surface area contributed by atoms with Crippen LogP contribution in [0.15, 0.2) is 22.8 Å². The normalized spacial score (nSPS) is 15.4. The van der Waals surface area contributed by atoms with E-state index in [9.17, 15) is 0 Å². The number of furan rings is 1. The van der Waals surface area contributed by atoms with Gasteiger partial charge in [0.15, 0.2) is 0 Å². The highest BCUT2D eigenvalue weighted by Crippen LogP contribution is 2.18. The summed E-state index contributed by atoms with van der Waals surface area (Å²) in [6.45, 7) is 3.31. The zero-order chi connectivity index (χ0) is 12.6. The molecule has 0 aromatic carbocycles. The molecule has 3 nitrogen and oxygen atoms in total. The van der Waals surface area contributed by atoms with Crippen molar-refractivity contribution in [1.29, 1.82) is 0 Å². The fraction of sp³-hybridized carbons (Fsp3) is 0.733. The minimum absolute atomic E-state index is 0.865. The number of unbranched alkanes of at least 4 members (excludes halogenated alkanes) is 3. The standard InChI is InChI=1S/C15H26N2O/c1-17(13-15-7-6-12-18-15)11-5-3-2-4-10-16-14-8-9-14/h6-7,12,14,16H,2-5,8-11,13H2,1H3. The van der Waals surface area contributed by atoms with Crippen molar-refractivity contribution in [2.75, 3.05) is 20.1 Å². The second kappa shape index (κ2) is 7.59. The highest BCUT2D eigenvalue weighted by molar-refractivity contribution is 4.97. The maximum absolute atomic E-state index is 5.34. The molecule has 1 aliphatic carbocycles. The monoisotopic (exact) mass is 250 g/mol. The maximum atomic E-state index is 5.34. The molecule has 1 saturated carbocycles. The molecule has 1 aliphatic rings. The van der Waals surface area contributed by atoms with Crippen LogP contribution in [0.5, 0.6) is 0 Å². The Morgan fingerprint density at radius 1 is 1.28 bits per heavy atom. The summed E-state index contributed by atoms with van der Waals surface area (Å²) in [5, 5.41) is 3.56. The van der Waals surface area contributed by atoms with Gasteiger partial charge < -0.3 is 9.73 Å². The van der Waals surface area contributed by atoms with Crippen molar-refractivity contribution in [3.05, 3.63) is 24.2 Å². The third-order valence-electron chi connectivity index (χ3n) is 3.48. The van der Waals surface area contributed by atoms with Crippen molar-refractivity contribution in [3.63, 3.8) is 0 Å². The van der Waals surface area contributed by atoms with Crippen LogP contribution in [0.1, 0.15) is 44.3 Å². The van der Waals surface area contributed by atoms with E-state index in [-0.39, 0.29) is 0 Å². The third kappa shape index (κ3) is 5.69. The van der Waals surface area contributed by atoms with Crippen molar-refractivity contribution in [3.8, 4) is 0 Å². The number of hydrogen-bond acceptors (Lipinski definition) is 3. The zero-order valence-corrected chi connectivity index (χ0v) is 11.5. The average molecular weight is 250 g/mol. The van der Waals surface area contributed by atoms with E-state index < -0.39 is 0 Å². The molecule has 1 aromatic heterocycles. The quantitative estimate of drug-likeness (QED) is 0.647. The number of rotatable bonds is 10. The highest BCUT2D eigenvalue weighted by Gasteiger charge is 2.19. The van der Waals surface area contributed by atoms with Gasteiger partial charge in [-0.15, -0.1) is 0 Å². The van der Waals surface area contributed by atoms with Crippen molar-refractivity contribution >= 4 is 0 Å². The van der Waals surface area contributed by atoms with E-state index in [1.807, 2.05) is 12.1 Å². The topological polar surface area (TPSA) is 28.4 Å². The van der Waals surface area contributed by atoms with Gasteiger partial charge in [0.2, 0.25) is 0 Å². The van der Waals surface area contributed by atoms with Crippen molar-refractivity contribution in [2.45, 2.75) is 51.1 Å². The second-order valence-corrected chi connectivity index (χ2v) is 5.46. The maximum Gasteiger partial charge on any atom is 0.117 e. The molecule has 1 fully saturated rings. The van der Waals surface area contributed by atoms with E-state index in [1.54, 1.807) is 6.26 Å². The van der Waals surface area contributed by atoms with Gasteiger partial charge in [0.25, 0.3) is 0 Å². The lowest BCUT2D eigenvalue weighted by Crippen LogP contribution is -2.19. The lowest BCUT2D eigenvalue weighted by atomic mass is 10.2. The van der Waals surface area contributed by atoms with Gasteiger partial charge in [-0.3, -0.25) is 4.90 Å². The van der Waals surface area contributed by atoms with Gasteiger partial charge in [-0.25, -0.2) is 0 Å². The summed E-state index contributed by atoms with van der Waals surface area (Å²) in [7, 11) is 2.16. The van der Waals surface area contributed by atoms with Crippen LogP contribution in [0.25, 0.3) is 0 Å². The molecular weight excluding hydrogens is 224 g/mol. The molecule has 0 unspecified atom stereocenters. The predicted octanol–water partition coefficient (Wildman–Crippen LogP) is 3.02. The second-order valence-electron chi connectivity index (χ2n) is 5.46. The van der Waals surface area contributed by atoms with Crippen LogP contribution in [0.3, 0.4) is 0 Å². The summed E-state index contributed by atoms with van der Waals surface area (Å²) < 4.78 is 5.34. The summed E-state index contributed by atoms with van der Waals surface area (Å²) in [6, 6.07) is 4.86. The summed E-state index contributed by atoms with van der Waals surface area (Å²) in [6.07, 6.45) is 9.87. The highest BCUT2D eigenvalue weighted by atomic mass is 16.3. The van der Waals surface area contributed by atoms with Crippen molar-refractivity contribution in [2.24, 2.45) is 0 Å². The number of hydrogen-bond donors (Lipinski definition) is 1. The van der Waals surface area contributed by atoms with Crippen LogP contribution in [0, 0.1) is 0 Å². The lowest BCUT2D eigenvalue weighted by molar-refractivity contribution is 0.288. The molecule has 1 heterocycles. The minimum Gasteiger partial charge on any atom is -0.468 e. The molecule has 0 amide bonds.